The molecule has 0 radical (unpaired) electrons. The van der Waals surface area contributed by atoms with Crippen molar-refractivity contribution in [1.29, 1.82) is 0 Å². The van der Waals surface area contributed by atoms with Crippen molar-refractivity contribution in [1.82, 2.24) is 4.98 Å². The molecule has 1 aromatic heterocycles. The van der Waals surface area contributed by atoms with Gasteiger partial charge in [0.1, 0.15) is 5.15 Å². The molecule has 0 atom stereocenters. The molecule has 0 fully saturated rings. The highest BCUT2D eigenvalue weighted by atomic mass is 35.5. The highest BCUT2D eigenvalue weighted by molar-refractivity contribution is 6.29. The van der Waals surface area contributed by atoms with Crippen molar-refractivity contribution in [3.63, 3.8) is 0 Å². The summed E-state index contributed by atoms with van der Waals surface area (Å²) in [7, 11) is 0. The van der Waals surface area contributed by atoms with Crippen LogP contribution in [0.2, 0.25) is 5.15 Å². The molecule has 0 saturated heterocycles. The summed E-state index contributed by atoms with van der Waals surface area (Å²) in [5, 5.41) is 3.19. The van der Waals surface area contributed by atoms with Crippen LogP contribution >= 0.6 is 11.6 Å². The van der Waals surface area contributed by atoms with Crippen molar-refractivity contribution < 1.29 is 4.79 Å². The third kappa shape index (κ3) is 3.31. The number of nitrogens with zero attached hydrogens (tertiary/aromatic N) is 1. The first-order valence-corrected chi connectivity index (χ1v) is 5.99. The highest BCUT2D eigenvalue weighted by Crippen LogP contribution is 2.12. The smallest absolute Gasteiger partial charge is 0.228 e. The van der Waals surface area contributed by atoms with Gasteiger partial charge in [0.05, 0.1) is 18.3 Å². The normalized spacial score (nSPS) is 10.1. The maximum atomic E-state index is 11.8. The molecule has 4 heteroatoms. The molecule has 1 aromatic carbocycles. The van der Waals surface area contributed by atoms with E-state index in [-0.39, 0.29) is 5.91 Å². The Labute approximate surface area is 111 Å². The summed E-state index contributed by atoms with van der Waals surface area (Å²) in [6.45, 7) is 1.99. The molecule has 0 bridgehead atoms. The van der Waals surface area contributed by atoms with Crippen LogP contribution in [0.3, 0.4) is 0 Å². The van der Waals surface area contributed by atoms with E-state index in [2.05, 4.69) is 10.3 Å². The molecular weight excluding hydrogens is 248 g/mol. The Morgan fingerprint density at radius 2 is 2.06 bits per heavy atom. The number of nitrogens with one attached hydrogen (secondary N) is 1. The second-order valence-electron chi connectivity index (χ2n) is 4.02. The molecule has 0 aliphatic heterocycles. The summed E-state index contributed by atoms with van der Waals surface area (Å²) in [6, 6.07) is 11.2. The first kappa shape index (κ1) is 12.6. The number of pyridine rings is 1. The maximum Gasteiger partial charge on any atom is 0.228 e. The van der Waals surface area contributed by atoms with Crippen LogP contribution in [-0.4, -0.2) is 10.9 Å². The minimum absolute atomic E-state index is 0.0616. The van der Waals surface area contributed by atoms with E-state index in [0.29, 0.717) is 17.3 Å². The fourth-order valence-corrected chi connectivity index (χ4v) is 1.75. The molecule has 1 heterocycles. The predicted molar refractivity (Wildman–Crippen MR) is 72.8 cm³/mol. The van der Waals surface area contributed by atoms with Gasteiger partial charge in [-0.25, -0.2) is 4.98 Å². The lowest BCUT2D eigenvalue weighted by Gasteiger charge is -2.07. The number of anilines is 1. The summed E-state index contributed by atoms with van der Waals surface area (Å²) < 4.78 is 0. The number of rotatable bonds is 3. The number of halogens is 1. The molecular formula is C14H13ClN2O. The Kier molecular flexibility index (Phi) is 3.95. The fourth-order valence-electron chi connectivity index (χ4n) is 1.64. The molecule has 3 nitrogen and oxygen atoms in total. The van der Waals surface area contributed by atoms with Crippen LogP contribution in [0.4, 0.5) is 5.69 Å². The van der Waals surface area contributed by atoms with Crippen LogP contribution in [0.15, 0.2) is 42.6 Å². The van der Waals surface area contributed by atoms with Crippen LogP contribution < -0.4 is 5.32 Å². The molecule has 0 aliphatic rings. The molecule has 1 N–H and O–H groups in total. The largest absolute Gasteiger partial charge is 0.324 e. The predicted octanol–water partition coefficient (Wildman–Crippen LogP) is 3.22. The third-order valence-electron chi connectivity index (χ3n) is 2.62. The van der Waals surface area contributed by atoms with E-state index in [1.807, 2.05) is 31.2 Å². The van der Waals surface area contributed by atoms with Gasteiger partial charge in [-0.3, -0.25) is 4.79 Å². The van der Waals surface area contributed by atoms with Crippen molar-refractivity contribution >= 4 is 23.2 Å². The van der Waals surface area contributed by atoms with Crippen LogP contribution in [-0.2, 0) is 11.2 Å². The van der Waals surface area contributed by atoms with Gasteiger partial charge >= 0.3 is 0 Å². The Hall–Kier alpha value is -1.87. The first-order chi connectivity index (χ1) is 8.65. The number of aryl methyl sites for hydroxylation is 1. The van der Waals surface area contributed by atoms with E-state index in [0.717, 1.165) is 11.1 Å². The number of aromatic nitrogens is 1. The third-order valence-corrected chi connectivity index (χ3v) is 2.85. The SMILES string of the molecule is Cc1ccccc1CC(=O)Nc1ccc(Cl)nc1. The lowest BCUT2D eigenvalue weighted by Crippen LogP contribution is -2.15. The van der Waals surface area contributed by atoms with E-state index in [1.165, 1.54) is 6.20 Å². The molecule has 0 saturated carbocycles. The van der Waals surface area contributed by atoms with E-state index >= 15 is 0 Å². The van der Waals surface area contributed by atoms with E-state index in [9.17, 15) is 4.79 Å². The summed E-state index contributed by atoms with van der Waals surface area (Å²) in [5.41, 5.74) is 2.79. The summed E-state index contributed by atoms with van der Waals surface area (Å²) >= 11 is 5.67. The average Bonchev–Trinajstić information content (AvgIpc) is 2.35. The minimum atomic E-state index is -0.0616. The van der Waals surface area contributed by atoms with Crippen molar-refractivity contribution in [2.45, 2.75) is 13.3 Å². The topological polar surface area (TPSA) is 42.0 Å². The van der Waals surface area contributed by atoms with Gasteiger partial charge in [-0.1, -0.05) is 35.9 Å². The monoisotopic (exact) mass is 260 g/mol. The zero-order valence-corrected chi connectivity index (χ0v) is 10.7. The summed E-state index contributed by atoms with van der Waals surface area (Å²) in [4.78, 5) is 15.8. The molecule has 92 valence electrons. The molecule has 2 rings (SSSR count). The summed E-state index contributed by atoms with van der Waals surface area (Å²) in [6.07, 6.45) is 1.90. The fraction of sp³-hybridized carbons (Fsp3) is 0.143. The van der Waals surface area contributed by atoms with E-state index < -0.39 is 0 Å². The second-order valence-corrected chi connectivity index (χ2v) is 4.41. The molecule has 18 heavy (non-hydrogen) atoms. The zero-order valence-electron chi connectivity index (χ0n) is 9.98. The number of carbonyl (C=O) groups is 1. The lowest BCUT2D eigenvalue weighted by atomic mass is 10.1. The van der Waals surface area contributed by atoms with Crippen molar-refractivity contribution in [3.05, 3.63) is 58.9 Å². The van der Waals surface area contributed by atoms with Gasteiger partial charge in [-0.15, -0.1) is 0 Å². The van der Waals surface area contributed by atoms with E-state index in [4.69, 9.17) is 11.6 Å². The lowest BCUT2D eigenvalue weighted by molar-refractivity contribution is -0.115. The Morgan fingerprint density at radius 1 is 1.28 bits per heavy atom. The van der Waals surface area contributed by atoms with Gasteiger partial charge in [0, 0.05) is 0 Å². The second kappa shape index (κ2) is 5.65. The number of amides is 1. The standard InChI is InChI=1S/C14H13ClN2O/c1-10-4-2-3-5-11(10)8-14(18)17-12-6-7-13(15)16-9-12/h2-7,9H,8H2,1H3,(H,17,18). The molecule has 0 aliphatic carbocycles. The molecule has 0 unspecified atom stereocenters. The maximum absolute atomic E-state index is 11.8. The highest BCUT2D eigenvalue weighted by Gasteiger charge is 2.06. The quantitative estimate of drug-likeness (QED) is 0.861. The van der Waals surface area contributed by atoms with Crippen molar-refractivity contribution in [2.75, 3.05) is 5.32 Å². The van der Waals surface area contributed by atoms with Gasteiger partial charge in [-0.2, -0.15) is 0 Å². The Bertz CT molecular complexity index is 552. The van der Waals surface area contributed by atoms with Crippen LogP contribution in [0.25, 0.3) is 0 Å². The van der Waals surface area contributed by atoms with Gasteiger partial charge in [0.2, 0.25) is 5.91 Å². The van der Waals surface area contributed by atoms with Gasteiger partial charge in [-0.05, 0) is 30.2 Å². The first-order valence-electron chi connectivity index (χ1n) is 5.61. The Morgan fingerprint density at radius 3 is 2.72 bits per heavy atom. The van der Waals surface area contributed by atoms with E-state index in [1.54, 1.807) is 12.1 Å². The molecule has 0 spiro atoms. The molecule has 2 aromatic rings. The number of hydrogen-bond donors (Lipinski definition) is 1. The average molecular weight is 261 g/mol. The summed E-state index contributed by atoms with van der Waals surface area (Å²) in [5.74, 6) is -0.0616. The molecule has 1 amide bonds. The van der Waals surface area contributed by atoms with Crippen molar-refractivity contribution in [2.24, 2.45) is 0 Å². The number of hydrogen-bond acceptors (Lipinski definition) is 2. The van der Waals surface area contributed by atoms with Crippen LogP contribution in [0, 0.1) is 6.92 Å². The number of carbonyl (C=O) groups excluding carboxylic acids is 1. The van der Waals surface area contributed by atoms with Gasteiger partial charge in [0.25, 0.3) is 0 Å². The van der Waals surface area contributed by atoms with Crippen LogP contribution in [0.1, 0.15) is 11.1 Å². The van der Waals surface area contributed by atoms with Gasteiger partial charge in [0.15, 0.2) is 0 Å². The zero-order chi connectivity index (χ0) is 13.0. The van der Waals surface area contributed by atoms with Crippen LogP contribution in [0.5, 0.6) is 0 Å². The minimum Gasteiger partial charge on any atom is -0.324 e. The number of benzene rings is 1. The van der Waals surface area contributed by atoms with Gasteiger partial charge < -0.3 is 5.32 Å². The Balaban J connectivity index is 2.01. The van der Waals surface area contributed by atoms with Crippen molar-refractivity contribution in [3.8, 4) is 0 Å².